The number of carboxylic acid groups (broad SMARTS) is 1. The van der Waals surface area contributed by atoms with Gasteiger partial charge in [-0.1, -0.05) is 6.92 Å². The van der Waals surface area contributed by atoms with E-state index in [4.69, 9.17) is 0 Å². The SMILES string of the molecule is CCC(C)(C)NC(=O)c1ccc(NC(=O)N2CCC(C)(C(=O)O)C2)cc1. The van der Waals surface area contributed by atoms with Gasteiger partial charge in [0.05, 0.1) is 5.41 Å². The highest BCUT2D eigenvalue weighted by Gasteiger charge is 2.42. The zero-order valence-electron chi connectivity index (χ0n) is 15.8. The molecule has 1 aliphatic heterocycles. The Kier molecular flexibility index (Phi) is 5.59. The van der Waals surface area contributed by atoms with Crippen molar-refractivity contribution in [2.24, 2.45) is 5.41 Å². The maximum atomic E-state index is 12.3. The molecular formula is C19H27N3O4. The van der Waals surface area contributed by atoms with Gasteiger partial charge in [-0.2, -0.15) is 0 Å². The molecule has 0 spiro atoms. The normalized spacial score (nSPS) is 19.9. The van der Waals surface area contributed by atoms with Crippen LogP contribution < -0.4 is 10.6 Å². The Bertz CT molecular complexity index is 699. The van der Waals surface area contributed by atoms with E-state index < -0.39 is 11.4 Å². The first-order valence-corrected chi connectivity index (χ1v) is 8.78. The molecule has 7 nitrogen and oxygen atoms in total. The molecule has 0 radical (unpaired) electrons. The fraction of sp³-hybridized carbons (Fsp3) is 0.526. The van der Waals surface area contributed by atoms with Crippen molar-refractivity contribution in [3.8, 4) is 0 Å². The molecular weight excluding hydrogens is 334 g/mol. The summed E-state index contributed by atoms with van der Waals surface area (Å²) in [4.78, 5) is 37.3. The van der Waals surface area contributed by atoms with Crippen LogP contribution in [0.15, 0.2) is 24.3 Å². The lowest BCUT2D eigenvalue weighted by Gasteiger charge is -2.24. The van der Waals surface area contributed by atoms with Crippen LogP contribution in [0.2, 0.25) is 0 Å². The lowest BCUT2D eigenvalue weighted by molar-refractivity contribution is -0.146. The number of carbonyl (C=O) groups is 3. The van der Waals surface area contributed by atoms with Gasteiger partial charge in [-0.05, 0) is 57.9 Å². The van der Waals surface area contributed by atoms with Gasteiger partial charge in [0, 0.05) is 29.9 Å². The van der Waals surface area contributed by atoms with Crippen LogP contribution in [-0.4, -0.2) is 46.5 Å². The molecule has 1 aliphatic rings. The number of hydrogen-bond donors (Lipinski definition) is 3. The topological polar surface area (TPSA) is 98.7 Å². The number of hydrogen-bond acceptors (Lipinski definition) is 3. The van der Waals surface area contributed by atoms with Crippen LogP contribution in [0.4, 0.5) is 10.5 Å². The monoisotopic (exact) mass is 361 g/mol. The number of carboxylic acids is 1. The molecule has 142 valence electrons. The first kappa shape index (κ1) is 19.8. The van der Waals surface area contributed by atoms with Crippen LogP contribution in [0.1, 0.15) is 50.9 Å². The van der Waals surface area contributed by atoms with E-state index in [0.29, 0.717) is 24.2 Å². The quantitative estimate of drug-likeness (QED) is 0.751. The van der Waals surface area contributed by atoms with Crippen molar-refractivity contribution in [2.75, 3.05) is 18.4 Å². The number of aliphatic carboxylic acids is 1. The molecule has 1 aromatic carbocycles. The van der Waals surface area contributed by atoms with E-state index in [1.165, 1.54) is 4.90 Å². The largest absolute Gasteiger partial charge is 0.481 e. The van der Waals surface area contributed by atoms with Crippen molar-refractivity contribution in [3.05, 3.63) is 29.8 Å². The second kappa shape index (κ2) is 7.35. The number of likely N-dealkylation sites (tertiary alicyclic amines) is 1. The zero-order chi connectivity index (χ0) is 19.5. The van der Waals surface area contributed by atoms with E-state index in [2.05, 4.69) is 10.6 Å². The molecule has 1 atom stereocenters. The minimum absolute atomic E-state index is 0.161. The maximum Gasteiger partial charge on any atom is 0.321 e. The van der Waals surface area contributed by atoms with Gasteiger partial charge in [-0.15, -0.1) is 0 Å². The molecule has 1 heterocycles. The minimum atomic E-state index is -0.897. The van der Waals surface area contributed by atoms with E-state index in [-0.39, 0.29) is 24.0 Å². The minimum Gasteiger partial charge on any atom is -0.481 e. The number of nitrogens with zero attached hydrogens (tertiary/aromatic N) is 1. The second-order valence-corrected chi connectivity index (χ2v) is 7.74. The summed E-state index contributed by atoms with van der Waals surface area (Å²) in [6.07, 6.45) is 1.25. The third-order valence-electron chi connectivity index (χ3n) is 5.01. The predicted octanol–water partition coefficient (Wildman–Crippen LogP) is 2.93. The molecule has 0 aliphatic carbocycles. The number of benzene rings is 1. The van der Waals surface area contributed by atoms with Crippen LogP contribution >= 0.6 is 0 Å². The Morgan fingerprint density at radius 1 is 1.23 bits per heavy atom. The highest BCUT2D eigenvalue weighted by molar-refractivity contribution is 5.96. The van der Waals surface area contributed by atoms with Crippen molar-refractivity contribution in [1.29, 1.82) is 0 Å². The number of carbonyl (C=O) groups excluding carboxylic acids is 2. The van der Waals surface area contributed by atoms with E-state index in [9.17, 15) is 19.5 Å². The van der Waals surface area contributed by atoms with Crippen molar-refractivity contribution in [1.82, 2.24) is 10.2 Å². The van der Waals surface area contributed by atoms with Crippen LogP contribution in [0, 0.1) is 5.41 Å². The maximum absolute atomic E-state index is 12.3. The predicted molar refractivity (Wildman–Crippen MR) is 99.2 cm³/mol. The van der Waals surface area contributed by atoms with E-state index in [1.54, 1.807) is 31.2 Å². The average molecular weight is 361 g/mol. The lowest BCUT2D eigenvalue weighted by atomic mass is 9.90. The first-order chi connectivity index (χ1) is 12.1. The number of nitrogens with one attached hydrogen (secondary N) is 2. The molecule has 1 unspecified atom stereocenters. The third kappa shape index (κ3) is 4.53. The Balaban J connectivity index is 1.96. The number of rotatable bonds is 5. The Labute approximate surface area is 153 Å². The van der Waals surface area contributed by atoms with Gasteiger partial charge in [0.1, 0.15) is 0 Å². The van der Waals surface area contributed by atoms with Crippen molar-refractivity contribution in [2.45, 2.75) is 46.1 Å². The molecule has 7 heteroatoms. The summed E-state index contributed by atoms with van der Waals surface area (Å²) >= 11 is 0. The van der Waals surface area contributed by atoms with Gasteiger partial charge in [0.2, 0.25) is 0 Å². The fourth-order valence-corrected chi connectivity index (χ4v) is 2.68. The number of anilines is 1. The van der Waals surface area contributed by atoms with Gasteiger partial charge in [-0.25, -0.2) is 4.79 Å². The third-order valence-corrected chi connectivity index (χ3v) is 5.01. The number of amides is 3. The lowest BCUT2D eigenvalue weighted by Crippen LogP contribution is -2.42. The molecule has 26 heavy (non-hydrogen) atoms. The van der Waals surface area contributed by atoms with E-state index in [1.807, 2.05) is 20.8 Å². The summed E-state index contributed by atoms with van der Waals surface area (Å²) in [6, 6.07) is 6.31. The smallest absolute Gasteiger partial charge is 0.321 e. The Hall–Kier alpha value is -2.57. The van der Waals surface area contributed by atoms with Gasteiger partial charge < -0.3 is 20.6 Å². The van der Waals surface area contributed by atoms with Crippen molar-refractivity contribution >= 4 is 23.6 Å². The van der Waals surface area contributed by atoms with Gasteiger partial charge >= 0.3 is 12.0 Å². The van der Waals surface area contributed by atoms with Crippen LogP contribution in [0.25, 0.3) is 0 Å². The molecule has 2 rings (SSSR count). The molecule has 0 aromatic heterocycles. The van der Waals surface area contributed by atoms with E-state index >= 15 is 0 Å². The van der Waals surface area contributed by atoms with Crippen molar-refractivity contribution < 1.29 is 19.5 Å². The van der Waals surface area contributed by atoms with Crippen LogP contribution in [0.3, 0.4) is 0 Å². The highest BCUT2D eigenvalue weighted by atomic mass is 16.4. The Morgan fingerprint density at radius 2 is 1.85 bits per heavy atom. The fourth-order valence-electron chi connectivity index (χ4n) is 2.68. The van der Waals surface area contributed by atoms with Crippen LogP contribution in [0.5, 0.6) is 0 Å². The summed E-state index contributed by atoms with van der Waals surface area (Å²) in [6.45, 7) is 8.16. The van der Waals surface area contributed by atoms with Gasteiger partial charge in [-0.3, -0.25) is 9.59 Å². The van der Waals surface area contributed by atoms with E-state index in [0.717, 1.165) is 6.42 Å². The molecule has 3 N–H and O–H groups in total. The zero-order valence-corrected chi connectivity index (χ0v) is 15.8. The van der Waals surface area contributed by atoms with Gasteiger partial charge in [0.15, 0.2) is 0 Å². The summed E-state index contributed by atoms with van der Waals surface area (Å²) in [7, 11) is 0. The number of urea groups is 1. The Morgan fingerprint density at radius 3 is 2.35 bits per heavy atom. The molecule has 1 saturated heterocycles. The molecule has 0 saturated carbocycles. The summed E-state index contributed by atoms with van der Waals surface area (Å²) < 4.78 is 0. The summed E-state index contributed by atoms with van der Waals surface area (Å²) in [5.74, 6) is -1.05. The second-order valence-electron chi connectivity index (χ2n) is 7.74. The van der Waals surface area contributed by atoms with Crippen LogP contribution in [-0.2, 0) is 4.79 Å². The van der Waals surface area contributed by atoms with Crippen molar-refractivity contribution in [3.63, 3.8) is 0 Å². The summed E-state index contributed by atoms with van der Waals surface area (Å²) in [5, 5.41) is 15.0. The summed E-state index contributed by atoms with van der Waals surface area (Å²) in [5.41, 5.74) is -0.101. The standard InChI is InChI=1S/C19H27N3O4/c1-5-18(2,3)21-15(23)13-6-8-14(9-7-13)20-17(26)22-11-10-19(4,12-22)16(24)25/h6-9H,5,10-12H2,1-4H3,(H,20,26)(H,21,23)(H,24,25). The molecule has 1 aromatic rings. The van der Waals surface area contributed by atoms with Gasteiger partial charge in [0.25, 0.3) is 5.91 Å². The molecule has 0 bridgehead atoms. The highest BCUT2D eigenvalue weighted by Crippen LogP contribution is 2.30. The molecule has 1 fully saturated rings. The molecule has 3 amide bonds. The first-order valence-electron chi connectivity index (χ1n) is 8.78. The average Bonchev–Trinajstić information content (AvgIpc) is 2.99.